The van der Waals surface area contributed by atoms with Gasteiger partial charge in [0.2, 0.25) is 5.91 Å². The van der Waals surface area contributed by atoms with Crippen LogP contribution in [-0.4, -0.2) is 36.0 Å². The van der Waals surface area contributed by atoms with Crippen LogP contribution in [0.2, 0.25) is 0 Å². The first-order valence-corrected chi connectivity index (χ1v) is 5.51. The fourth-order valence-corrected chi connectivity index (χ4v) is 1.73. The molecule has 0 aliphatic heterocycles. The van der Waals surface area contributed by atoms with Crippen molar-refractivity contribution >= 4 is 11.9 Å². The number of hydrogen-bond donors (Lipinski definition) is 1. The lowest BCUT2D eigenvalue weighted by atomic mass is 10.0. The summed E-state index contributed by atoms with van der Waals surface area (Å²) in [6.45, 7) is 1.75. The van der Waals surface area contributed by atoms with Crippen molar-refractivity contribution in [3.8, 4) is 0 Å². The minimum Gasteiger partial charge on any atom is -0.479 e. The molecule has 0 radical (unpaired) electrons. The molecule has 1 aromatic carbocycles. The van der Waals surface area contributed by atoms with Gasteiger partial charge in [-0.25, -0.2) is 4.79 Å². The number of nitrogens with zero attached hydrogens (tertiary/aromatic N) is 1. The maximum atomic E-state index is 11.3. The highest BCUT2D eigenvalue weighted by atomic mass is 16.5. The number of carboxylic acid groups (broad SMARTS) is 1. The van der Waals surface area contributed by atoms with Crippen LogP contribution in [0.4, 0.5) is 0 Å². The van der Waals surface area contributed by atoms with Crippen LogP contribution >= 0.6 is 0 Å². The first-order valence-electron chi connectivity index (χ1n) is 5.51. The first-order chi connectivity index (χ1) is 8.47. The lowest BCUT2D eigenvalue weighted by Gasteiger charge is -2.24. The number of likely N-dealkylation sites (N-methyl/N-ethyl adjacent to an activating group) is 1. The van der Waals surface area contributed by atoms with Gasteiger partial charge in [0.1, 0.15) is 0 Å². The third-order valence-corrected chi connectivity index (χ3v) is 2.70. The van der Waals surface area contributed by atoms with E-state index >= 15 is 0 Å². The largest absolute Gasteiger partial charge is 0.479 e. The Hall–Kier alpha value is -1.88. The van der Waals surface area contributed by atoms with Crippen molar-refractivity contribution in [3.05, 3.63) is 35.4 Å². The van der Waals surface area contributed by atoms with E-state index < -0.39 is 12.0 Å². The number of amides is 1. The Morgan fingerprint density at radius 2 is 2.11 bits per heavy atom. The number of rotatable bonds is 5. The molecule has 0 aliphatic rings. The molecule has 18 heavy (non-hydrogen) atoms. The Morgan fingerprint density at radius 3 is 2.61 bits per heavy atom. The number of hydrogen-bond acceptors (Lipinski definition) is 3. The van der Waals surface area contributed by atoms with Gasteiger partial charge in [0.25, 0.3) is 0 Å². The minimum atomic E-state index is -1.05. The highest BCUT2D eigenvalue weighted by Gasteiger charge is 2.26. The second-order valence-corrected chi connectivity index (χ2v) is 4.05. The predicted octanol–water partition coefficient (Wildman–Crippen LogP) is 1.44. The molecule has 0 aromatic heterocycles. The smallest absolute Gasteiger partial charge is 0.331 e. The Bertz CT molecular complexity index is 444. The van der Waals surface area contributed by atoms with Crippen molar-refractivity contribution in [1.29, 1.82) is 0 Å². The summed E-state index contributed by atoms with van der Waals surface area (Å²) >= 11 is 0. The number of aliphatic carboxylic acids is 1. The molecule has 1 aromatic rings. The van der Waals surface area contributed by atoms with Crippen molar-refractivity contribution in [2.75, 3.05) is 14.2 Å². The molecule has 1 unspecified atom stereocenters. The molecule has 98 valence electrons. The summed E-state index contributed by atoms with van der Waals surface area (Å²) in [6.07, 6.45) is 0. The summed E-state index contributed by atoms with van der Waals surface area (Å²) in [4.78, 5) is 23.8. The molecule has 0 saturated carbocycles. The fraction of sp³-hybridized carbons (Fsp3) is 0.385. The molecule has 1 N–H and O–H groups in total. The monoisotopic (exact) mass is 251 g/mol. The van der Waals surface area contributed by atoms with E-state index in [1.54, 1.807) is 25.3 Å². The summed E-state index contributed by atoms with van der Waals surface area (Å²) in [7, 11) is 3.05. The molecule has 0 saturated heterocycles. The van der Waals surface area contributed by atoms with Crippen LogP contribution in [0.1, 0.15) is 24.1 Å². The highest BCUT2D eigenvalue weighted by Crippen LogP contribution is 2.21. The maximum absolute atomic E-state index is 11.3. The number of benzene rings is 1. The summed E-state index contributed by atoms with van der Waals surface area (Å²) in [5, 5.41) is 9.24. The third-order valence-electron chi connectivity index (χ3n) is 2.70. The predicted molar refractivity (Wildman–Crippen MR) is 66.0 cm³/mol. The number of carboxylic acids is 1. The van der Waals surface area contributed by atoms with Gasteiger partial charge in [-0.2, -0.15) is 0 Å². The number of methoxy groups -OCH3 is 1. The molecule has 5 heteroatoms. The number of carbonyl (C=O) groups is 2. The van der Waals surface area contributed by atoms with E-state index in [4.69, 9.17) is 4.74 Å². The van der Waals surface area contributed by atoms with Crippen LogP contribution in [0.25, 0.3) is 0 Å². The van der Waals surface area contributed by atoms with Crippen molar-refractivity contribution in [2.45, 2.75) is 19.6 Å². The van der Waals surface area contributed by atoms with Crippen LogP contribution in [0, 0.1) is 0 Å². The Morgan fingerprint density at radius 1 is 1.44 bits per heavy atom. The standard InChI is InChI=1S/C13H17NO4/c1-9(15)14(2)12(13(16)17)11-6-4-5-10(7-11)8-18-3/h4-7,12H,8H2,1-3H3,(H,16,17). The van der Waals surface area contributed by atoms with Crippen LogP contribution in [-0.2, 0) is 20.9 Å². The molecule has 5 nitrogen and oxygen atoms in total. The van der Waals surface area contributed by atoms with Gasteiger partial charge in [0, 0.05) is 21.1 Å². The lowest BCUT2D eigenvalue weighted by Crippen LogP contribution is -2.34. The van der Waals surface area contributed by atoms with Gasteiger partial charge >= 0.3 is 5.97 Å². The SMILES string of the molecule is COCc1cccc(C(C(=O)O)N(C)C(C)=O)c1. The zero-order valence-electron chi connectivity index (χ0n) is 10.7. The maximum Gasteiger partial charge on any atom is 0.331 e. The fourth-order valence-electron chi connectivity index (χ4n) is 1.73. The van der Waals surface area contributed by atoms with Gasteiger partial charge in [-0.05, 0) is 11.1 Å². The van der Waals surface area contributed by atoms with Gasteiger partial charge in [-0.3, -0.25) is 4.79 Å². The average molecular weight is 251 g/mol. The second-order valence-electron chi connectivity index (χ2n) is 4.05. The number of carbonyl (C=O) groups excluding carboxylic acids is 1. The molecular weight excluding hydrogens is 234 g/mol. The summed E-state index contributed by atoms with van der Waals surface area (Å²) in [5.74, 6) is -1.35. The van der Waals surface area contributed by atoms with E-state index in [1.807, 2.05) is 6.07 Å². The van der Waals surface area contributed by atoms with Crippen LogP contribution in [0.15, 0.2) is 24.3 Å². The highest BCUT2D eigenvalue weighted by molar-refractivity contribution is 5.83. The Balaban J connectivity index is 3.09. The molecule has 0 fully saturated rings. The molecule has 0 aliphatic carbocycles. The lowest BCUT2D eigenvalue weighted by molar-refractivity contribution is -0.148. The number of ether oxygens (including phenoxy) is 1. The quantitative estimate of drug-likeness (QED) is 0.859. The molecular formula is C13H17NO4. The van der Waals surface area contributed by atoms with Crippen molar-refractivity contribution in [2.24, 2.45) is 0 Å². The van der Waals surface area contributed by atoms with E-state index in [2.05, 4.69) is 0 Å². The van der Waals surface area contributed by atoms with E-state index in [0.29, 0.717) is 12.2 Å². The van der Waals surface area contributed by atoms with Crippen molar-refractivity contribution in [3.63, 3.8) is 0 Å². The molecule has 1 atom stereocenters. The molecule has 0 spiro atoms. The normalized spacial score (nSPS) is 11.9. The zero-order valence-corrected chi connectivity index (χ0v) is 10.7. The Labute approximate surface area is 106 Å². The van der Waals surface area contributed by atoms with Crippen LogP contribution in [0.3, 0.4) is 0 Å². The second kappa shape index (κ2) is 6.16. The summed E-state index contributed by atoms with van der Waals surface area (Å²) in [6, 6.07) is 6.06. The first kappa shape index (κ1) is 14.2. The molecule has 0 bridgehead atoms. The van der Waals surface area contributed by atoms with E-state index in [-0.39, 0.29) is 5.91 Å². The average Bonchev–Trinajstić information content (AvgIpc) is 2.29. The zero-order chi connectivity index (χ0) is 13.7. The minimum absolute atomic E-state index is 0.292. The summed E-state index contributed by atoms with van der Waals surface area (Å²) < 4.78 is 5.00. The van der Waals surface area contributed by atoms with Gasteiger partial charge in [-0.15, -0.1) is 0 Å². The molecule has 0 heterocycles. The van der Waals surface area contributed by atoms with Gasteiger partial charge < -0.3 is 14.7 Å². The van der Waals surface area contributed by atoms with Gasteiger partial charge in [-0.1, -0.05) is 24.3 Å². The van der Waals surface area contributed by atoms with Crippen molar-refractivity contribution in [1.82, 2.24) is 4.90 Å². The van der Waals surface area contributed by atoms with E-state index in [0.717, 1.165) is 5.56 Å². The van der Waals surface area contributed by atoms with Crippen LogP contribution < -0.4 is 0 Å². The van der Waals surface area contributed by atoms with Crippen LogP contribution in [0.5, 0.6) is 0 Å². The summed E-state index contributed by atoms with van der Waals surface area (Å²) in [5.41, 5.74) is 1.44. The molecule has 1 amide bonds. The third kappa shape index (κ3) is 3.30. The van der Waals surface area contributed by atoms with Gasteiger partial charge in [0.05, 0.1) is 6.61 Å². The van der Waals surface area contributed by atoms with Crippen molar-refractivity contribution < 1.29 is 19.4 Å². The molecule has 1 rings (SSSR count). The van der Waals surface area contributed by atoms with E-state index in [9.17, 15) is 14.7 Å². The van der Waals surface area contributed by atoms with Gasteiger partial charge in [0.15, 0.2) is 6.04 Å². The topological polar surface area (TPSA) is 66.8 Å². The Kier molecular flexibility index (Phi) is 4.85. The van der Waals surface area contributed by atoms with E-state index in [1.165, 1.54) is 18.9 Å².